The van der Waals surface area contributed by atoms with Crippen molar-refractivity contribution in [2.24, 2.45) is 7.05 Å². The van der Waals surface area contributed by atoms with Crippen molar-refractivity contribution in [3.05, 3.63) is 23.4 Å². The number of carbonyl (C=O) groups is 1. The molecular formula is C12H14N4O. The van der Waals surface area contributed by atoms with Crippen molar-refractivity contribution in [3.8, 4) is 0 Å². The summed E-state index contributed by atoms with van der Waals surface area (Å²) >= 11 is 0. The predicted octanol–water partition coefficient (Wildman–Crippen LogP) is 0.784. The zero-order chi connectivity index (χ0) is 12.2. The first-order valence-electron chi connectivity index (χ1n) is 5.59. The summed E-state index contributed by atoms with van der Waals surface area (Å²) in [5.41, 5.74) is 8.32. The highest BCUT2D eigenvalue weighted by Crippen LogP contribution is 2.29. The number of pyridine rings is 1. The maximum atomic E-state index is 12.2. The van der Waals surface area contributed by atoms with Gasteiger partial charge < -0.3 is 15.2 Å². The van der Waals surface area contributed by atoms with Crippen LogP contribution < -0.4 is 5.73 Å². The molecule has 0 saturated heterocycles. The van der Waals surface area contributed by atoms with Gasteiger partial charge in [-0.3, -0.25) is 4.79 Å². The lowest BCUT2D eigenvalue weighted by Crippen LogP contribution is -2.34. The van der Waals surface area contributed by atoms with E-state index in [0.29, 0.717) is 5.82 Å². The Morgan fingerprint density at radius 1 is 1.35 bits per heavy atom. The van der Waals surface area contributed by atoms with Crippen molar-refractivity contribution in [2.75, 3.05) is 19.3 Å². The number of nitrogens with two attached hydrogens (primary N) is 1. The van der Waals surface area contributed by atoms with Crippen LogP contribution in [-0.4, -0.2) is 34.0 Å². The summed E-state index contributed by atoms with van der Waals surface area (Å²) in [5.74, 6) is 0.555. The Bertz CT molecular complexity index is 629. The smallest absolute Gasteiger partial charge is 0.256 e. The van der Waals surface area contributed by atoms with E-state index in [0.717, 1.165) is 35.3 Å². The first-order chi connectivity index (χ1) is 8.09. The topological polar surface area (TPSA) is 64.2 Å². The lowest BCUT2D eigenvalue weighted by atomic mass is 10.1. The number of amides is 1. The molecule has 0 aromatic carbocycles. The summed E-state index contributed by atoms with van der Waals surface area (Å²) in [5, 5.41) is 0.897. The minimum Gasteiger partial charge on any atom is -0.384 e. The predicted molar refractivity (Wildman–Crippen MR) is 65.8 cm³/mol. The molecule has 0 saturated carbocycles. The molecule has 2 N–H and O–H groups in total. The fraction of sp³-hybridized carbons (Fsp3) is 0.333. The number of rotatable bonds is 0. The van der Waals surface area contributed by atoms with Crippen LogP contribution >= 0.6 is 0 Å². The molecule has 0 radical (unpaired) electrons. The van der Waals surface area contributed by atoms with Gasteiger partial charge in [0.1, 0.15) is 11.5 Å². The van der Waals surface area contributed by atoms with Gasteiger partial charge in [-0.2, -0.15) is 0 Å². The third-order valence-electron chi connectivity index (χ3n) is 3.42. The second-order valence-corrected chi connectivity index (χ2v) is 4.46. The fourth-order valence-corrected chi connectivity index (χ4v) is 2.46. The van der Waals surface area contributed by atoms with Crippen LogP contribution in [0.2, 0.25) is 0 Å². The van der Waals surface area contributed by atoms with Gasteiger partial charge >= 0.3 is 0 Å². The van der Waals surface area contributed by atoms with Crippen molar-refractivity contribution in [1.82, 2.24) is 14.5 Å². The quantitative estimate of drug-likeness (QED) is 0.727. The molecule has 88 valence electrons. The maximum Gasteiger partial charge on any atom is 0.256 e. The van der Waals surface area contributed by atoms with Crippen LogP contribution in [0.4, 0.5) is 5.82 Å². The van der Waals surface area contributed by atoms with E-state index in [1.807, 2.05) is 24.7 Å². The van der Waals surface area contributed by atoms with Gasteiger partial charge in [0, 0.05) is 38.1 Å². The molecule has 2 aromatic rings. The second-order valence-electron chi connectivity index (χ2n) is 4.46. The third kappa shape index (κ3) is 1.25. The lowest BCUT2D eigenvalue weighted by molar-refractivity contribution is 0.0781. The van der Waals surface area contributed by atoms with Crippen LogP contribution in [0.25, 0.3) is 11.0 Å². The summed E-state index contributed by atoms with van der Waals surface area (Å²) < 4.78 is 1.98. The van der Waals surface area contributed by atoms with E-state index in [9.17, 15) is 4.79 Å². The Morgan fingerprint density at radius 2 is 2.12 bits per heavy atom. The standard InChI is InChI=1S/C12H14N4O/c1-15-6-5-8-10(12(15)17)7-3-4-9(13)14-11(7)16(8)2/h3-4H,5-6H2,1-2H3,(H2,13,14). The largest absolute Gasteiger partial charge is 0.384 e. The van der Waals surface area contributed by atoms with E-state index >= 15 is 0 Å². The summed E-state index contributed by atoms with van der Waals surface area (Å²) in [6.45, 7) is 0.755. The SMILES string of the molecule is CN1CCc2c(c3ccc(N)nc3n2C)C1=O. The number of hydrogen-bond donors (Lipinski definition) is 1. The molecule has 17 heavy (non-hydrogen) atoms. The van der Waals surface area contributed by atoms with E-state index in [1.54, 1.807) is 11.0 Å². The molecule has 1 aliphatic rings. The van der Waals surface area contributed by atoms with Crippen molar-refractivity contribution in [3.63, 3.8) is 0 Å². The average molecular weight is 230 g/mol. The first kappa shape index (κ1) is 10.1. The van der Waals surface area contributed by atoms with E-state index in [1.165, 1.54) is 0 Å². The molecule has 5 nitrogen and oxygen atoms in total. The Morgan fingerprint density at radius 3 is 2.88 bits per heavy atom. The molecule has 0 fully saturated rings. The number of carbonyl (C=O) groups excluding carboxylic acids is 1. The highest BCUT2D eigenvalue weighted by atomic mass is 16.2. The molecular weight excluding hydrogens is 216 g/mol. The molecule has 5 heteroatoms. The highest BCUT2D eigenvalue weighted by Gasteiger charge is 2.28. The van der Waals surface area contributed by atoms with Crippen molar-refractivity contribution in [1.29, 1.82) is 0 Å². The normalized spacial score (nSPS) is 15.4. The molecule has 0 unspecified atom stereocenters. The lowest BCUT2D eigenvalue weighted by Gasteiger charge is -2.23. The minimum atomic E-state index is 0.0726. The summed E-state index contributed by atoms with van der Waals surface area (Å²) in [4.78, 5) is 18.2. The van der Waals surface area contributed by atoms with E-state index in [-0.39, 0.29) is 5.91 Å². The molecule has 3 heterocycles. The summed E-state index contributed by atoms with van der Waals surface area (Å²) in [6.07, 6.45) is 0.865. The Balaban J connectivity index is 2.39. The van der Waals surface area contributed by atoms with E-state index in [4.69, 9.17) is 5.73 Å². The van der Waals surface area contributed by atoms with Gasteiger partial charge in [0.25, 0.3) is 5.91 Å². The Kier molecular flexibility index (Phi) is 1.92. The molecule has 2 aromatic heterocycles. The molecule has 1 aliphatic heterocycles. The van der Waals surface area contributed by atoms with Crippen LogP contribution in [0.3, 0.4) is 0 Å². The summed E-state index contributed by atoms with van der Waals surface area (Å²) in [6, 6.07) is 3.62. The van der Waals surface area contributed by atoms with Crippen LogP contribution in [0.5, 0.6) is 0 Å². The Labute approximate surface area is 98.8 Å². The molecule has 0 bridgehead atoms. The van der Waals surface area contributed by atoms with Crippen molar-refractivity contribution in [2.45, 2.75) is 6.42 Å². The molecule has 1 amide bonds. The number of hydrogen-bond acceptors (Lipinski definition) is 3. The van der Waals surface area contributed by atoms with Crippen molar-refractivity contribution < 1.29 is 4.79 Å². The molecule has 0 aliphatic carbocycles. The molecule has 0 spiro atoms. The highest BCUT2D eigenvalue weighted by molar-refractivity contribution is 6.08. The maximum absolute atomic E-state index is 12.2. The van der Waals surface area contributed by atoms with Crippen LogP contribution in [0.1, 0.15) is 16.1 Å². The monoisotopic (exact) mass is 230 g/mol. The second kappa shape index (κ2) is 3.23. The number of aromatic nitrogens is 2. The van der Waals surface area contributed by atoms with Crippen LogP contribution in [0, 0.1) is 0 Å². The number of fused-ring (bicyclic) bond motifs is 3. The van der Waals surface area contributed by atoms with Gasteiger partial charge in [0.15, 0.2) is 0 Å². The van der Waals surface area contributed by atoms with E-state index in [2.05, 4.69) is 4.98 Å². The van der Waals surface area contributed by atoms with Gasteiger partial charge in [-0.15, -0.1) is 0 Å². The minimum absolute atomic E-state index is 0.0726. The van der Waals surface area contributed by atoms with Crippen molar-refractivity contribution >= 4 is 22.8 Å². The number of nitrogens with zero attached hydrogens (tertiary/aromatic N) is 3. The number of aryl methyl sites for hydroxylation is 1. The van der Waals surface area contributed by atoms with Gasteiger partial charge in [0.2, 0.25) is 0 Å². The van der Waals surface area contributed by atoms with E-state index < -0.39 is 0 Å². The molecule has 3 rings (SSSR count). The zero-order valence-electron chi connectivity index (χ0n) is 9.90. The molecule has 0 atom stereocenters. The average Bonchev–Trinajstić information content (AvgIpc) is 2.58. The number of likely N-dealkylation sites (N-methyl/N-ethyl adjacent to an activating group) is 1. The zero-order valence-corrected chi connectivity index (χ0v) is 9.90. The Hall–Kier alpha value is -2.04. The first-order valence-corrected chi connectivity index (χ1v) is 5.59. The van der Waals surface area contributed by atoms with Gasteiger partial charge in [-0.05, 0) is 12.1 Å². The van der Waals surface area contributed by atoms with Gasteiger partial charge in [0.05, 0.1) is 5.56 Å². The van der Waals surface area contributed by atoms with Gasteiger partial charge in [-0.25, -0.2) is 4.98 Å². The summed E-state index contributed by atoms with van der Waals surface area (Å²) in [7, 11) is 3.76. The van der Waals surface area contributed by atoms with Gasteiger partial charge in [-0.1, -0.05) is 0 Å². The number of nitrogen functional groups attached to an aromatic ring is 1. The number of anilines is 1. The van der Waals surface area contributed by atoms with Crippen LogP contribution in [0.15, 0.2) is 12.1 Å². The fourth-order valence-electron chi connectivity index (χ4n) is 2.46. The van der Waals surface area contributed by atoms with Crippen LogP contribution in [-0.2, 0) is 13.5 Å². The third-order valence-corrected chi connectivity index (χ3v) is 3.42.